The Morgan fingerprint density at radius 3 is 2.67 bits per heavy atom. The zero-order valence-electron chi connectivity index (χ0n) is 8.04. The second-order valence-corrected chi connectivity index (χ2v) is 3.02. The SMILES string of the molecule is Oc1ccccc1/C=C/c1cnccn1. The number of para-hydroxylation sites is 1. The van der Waals surface area contributed by atoms with Gasteiger partial charge in [-0.25, -0.2) is 0 Å². The molecule has 0 radical (unpaired) electrons. The minimum absolute atomic E-state index is 0.262. The summed E-state index contributed by atoms with van der Waals surface area (Å²) in [5.74, 6) is 0.262. The van der Waals surface area contributed by atoms with E-state index < -0.39 is 0 Å². The van der Waals surface area contributed by atoms with Crippen LogP contribution in [0.5, 0.6) is 5.75 Å². The molecule has 0 unspecified atom stereocenters. The van der Waals surface area contributed by atoms with Crippen molar-refractivity contribution in [2.45, 2.75) is 0 Å². The predicted octanol–water partition coefficient (Wildman–Crippen LogP) is 2.35. The van der Waals surface area contributed by atoms with E-state index in [-0.39, 0.29) is 5.75 Å². The highest BCUT2D eigenvalue weighted by Gasteiger charge is 1.93. The van der Waals surface area contributed by atoms with Gasteiger partial charge in [-0.1, -0.05) is 18.2 Å². The number of phenolic OH excluding ortho intramolecular Hbond substituents is 1. The third kappa shape index (κ3) is 2.40. The molecular formula is C12H10N2O. The molecule has 3 nitrogen and oxygen atoms in total. The molecule has 0 spiro atoms. The molecule has 3 heteroatoms. The lowest BCUT2D eigenvalue weighted by atomic mass is 10.2. The summed E-state index contributed by atoms with van der Waals surface area (Å²) in [6.45, 7) is 0. The number of rotatable bonds is 2. The molecule has 1 N–H and O–H groups in total. The largest absolute Gasteiger partial charge is 0.507 e. The summed E-state index contributed by atoms with van der Waals surface area (Å²) in [6, 6.07) is 7.14. The molecule has 0 aliphatic carbocycles. The highest BCUT2D eigenvalue weighted by atomic mass is 16.3. The zero-order valence-corrected chi connectivity index (χ0v) is 8.04. The van der Waals surface area contributed by atoms with Gasteiger partial charge >= 0.3 is 0 Å². The van der Waals surface area contributed by atoms with Crippen molar-refractivity contribution in [2.75, 3.05) is 0 Å². The first-order valence-electron chi connectivity index (χ1n) is 4.58. The van der Waals surface area contributed by atoms with Crippen LogP contribution in [-0.4, -0.2) is 15.1 Å². The maximum Gasteiger partial charge on any atom is 0.122 e. The molecule has 0 amide bonds. The van der Waals surface area contributed by atoms with Gasteiger partial charge in [0, 0.05) is 18.0 Å². The molecule has 2 aromatic rings. The number of benzene rings is 1. The number of hydrogen-bond acceptors (Lipinski definition) is 3. The van der Waals surface area contributed by atoms with Crippen LogP contribution in [0.1, 0.15) is 11.3 Å². The average Bonchev–Trinajstić information content (AvgIpc) is 2.29. The van der Waals surface area contributed by atoms with Gasteiger partial charge in [0.25, 0.3) is 0 Å². The number of phenols is 1. The number of aromatic hydroxyl groups is 1. The lowest BCUT2D eigenvalue weighted by Crippen LogP contribution is -1.80. The summed E-state index contributed by atoms with van der Waals surface area (Å²) in [6.07, 6.45) is 8.53. The van der Waals surface area contributed by atoms with Gasteiger partial charge in [-0.05, 0) is 18.2 Å². The third-order valence-corrected chi connectivity index (χ3v) is 1.95. The fraction of sp³-hybridized carbons (Fsp3) is 0. The van der Waals surface area contributed by atoms with Crippen LogP contribution in [0.4, 0.5) is 0 Å². The summed E-state index contributed by atoms with van der Waals surface area (Å²) in [7, 11) is 0. The Balaban J connectivity index is 2.23. The summed E-state index contributed by atoms with van der Waals surface area (Å²) < 4.78 is 0. The molecule has 2 rings (SSSR count). The monoisotopic (exact) mass is 198 g/mol. The number of nitrogens with zero attached hydrogens (tertiary/aromatic N) is 2. The van der Waals surface area contributed by atoms with E-state index in [1.807, 2.05) is 18.2 Å². The standard InChI is InChI=1S/C12H10N2O/c15-12-4-2-1-3-10(12)5-6-11-9-13-7-8-14-11/h1-9,15H/b6-5+. The van der Waals surface area contributed by atoms with Crippen LogP contribution < -0.4 is 0 Å². The minimum atomic E-state index is 0.262. The summed E-state index contributed by atoms with van der Waals surface area (Å²) in [5, 5.41) is 9.50. The van der Waals surface area contributed by atoms with Crippen LogP contribution in [0.15, 0.2) is 42.9 Å². The van der Waals surface area contributed by atoms with Gasteiger partial charge in [0.2, 0.25) is 0 Å². The molecule has 0 bridgehead atoms. The first-order chi connectivity index (χ1) is 7.36. The average molecular weight is 198 g/mol. The molecule has 0 fully saturated rings. The molecule has 1 heterocycles. The van der Waals surface area contributed by atoms with Crippen molar-refractivity contribution in [1.82, 2.24) is 9.97 Å². The van der Waals surface area contributed by atoms with Crippen molar-refractivity contribution in [1.29, 1.82) is 0 Å². The van der Waals surface area contributed by atoms with Crippen molar-refractivity contribution < 1.29 is 5.11 Å². The highest BCUT2D eigenvalue weighted by molar-refractivity contribution is 5.70. The van der Waals surface area contributed by atoms with Gasteiger partial charge in [0.05, 0.1) is 11.9 Å². The molecule has 0 aliphatic rings. The van der Waals surface area contributed by atoms with Gasteiger partial charge in [-0.3, -0.25) is 9.97 Å². The van der Waals surface area contributed by atoms with Gasteiger partial charge in [0.1, 0.15) is 5.75 Å². The van der Waals surface area contributed by atoms with Crippen molar-refractivity contribution >= 4 is 12.2 Å². The molecule has 1 aromatic carbocycles. The van der Waals surface area contributed by atoms with Crippen molar-refractivity contribution in [3.63, 3.8) is 0 Å². The van der Waals surface area contributed by atoms with Crippen LogP contribution in [0, 0.1) is 0 Å². The molecular weight excluding hydrogens is 188 g/mol. The van der Waals surface area contributed by atoms with Crippen LogP contribution >= 0.6 is 0 Å². The van der Waals surface area contributed by atoms with Crippen LogP contribution in [0.25, 0.3) is 12.2 Å². The highest BCUT2D eigenvalue weighted by Crippen LogP contribution is 2.17. The van der Waals surface area contributed by atoms with Crippen LogP contribution in [0.3, 0.4) is 0 Å². The lowest BCUT2D eigenvalue weighted by Gasteiger charge is -1.96. The first-order valence-corrected chi connectivity index (χ1v) is 4.58. The second kappa shape index (κ2) is 4.37. The Morgan fingerprint density at radius 2 is 1.93 bits per heavy atom. The smallest absolute Gasteiger partial charge is 0.122 e. The van der Waals surface area contributed by atoms with Gasteiger partial charge < -0.3 is 5.11 Å². The maximum atomic E-state index is 9.50. The van der Waals surface area contributed by atoms with Crippen molar-refractivity contribution in [3.05, 3.63) is 54.1 Å². The first kappa shape index (κ1) is 9.40. The normalized spacial score (nSPS) is 10.7. The maximum absolute atomic E-state index is 9.50. The molecule has 0 atom stereocenters. The molecule has 0 saturated heterocycles. The van der Waals surface area contributed by atoms with E-state index in [1.165, 1.54) is 0 Å². The molecule has 15 heavy (non-hydrogen) atoms. The Hall–Kier alpha value is -2.16. The number of aromatic nitrogens is 2. The molecule has 0 aliphatic heterocycles. The van der Waals surface area contributed by atoms with E-state index >= 15 is 0 Å². The third-order valence-electron chi connectivity index (χ3n) is 1.95. The number of hydrogen-bond donors (Lipinski definition) is 1. The summed E-state index contributed by atoms with van der Waals surface area (Å²) in [4.78, 5) is 8.04. The van der Waals surface area contributed by atoms with E-state index in [0.29, 0.717) is 0 Å². The lowest BCUT2D eigenvalue weighted by molar-refractivity contribution is 0.474. The fourth-order valence-corrected chi connectivity index (χ4v) is 1.20. The Kier molecular flexibility index (Phi) is 2.74. The molecule has 1 aromatic heterocycles. The fourth-order valence-electron chi connectivity index (χ4n) is 1.20. The van der Waals surface area contributed by atoms with E-state index in [9.17, 15) is 5.11 Å². The van der Waals surface area contributed by atoms with E-state index in [2.05, 4.69) is 9.97 Å². The molecule has 0 saturated carbocycles. The van der Waals surface area contributed by atoms with Gasteiger partial charge in [0.15, 0.2) is 0 Å². The molecule has 74 valence electrons. The van der Waals surface area contributed by atoms with Crippen LogP contribution in [0.2, 0.25) is 0 Å². The van der Waals surface area contributed by atoms with Crippen LogP contribution in [-0.2, 0) is 0 Å². The summed E-state index contributed by atoms with van der Waals surface area (Å²) in [5.41, 5.74) is 1.53. The van der Waals surface area contributed by atoms with Crippen molar-refractivity contribution in [2.24, 2.45) is 0 Å². The Bertz CT molecular complexity index is 466. The van der Waals surface area contributed by atoms with Crippen molar-refractivity contribution in [3.8, 4) is 5.75 Å². The van der Waals surface area contributed by atoms with E-state index in [0.717, 1.165) is 11.3 Å². The minimum Gasteiger partial charge on any atom is -0.507 e. The summed E-state index contributed by atoms with van der Waals surface area (Å²) >= 11 is 0. The predicted molar refractivity (Wildman–Crippen MR) is 59.1 cm³/mol. The van der Waals surface area contributed by atoms with E-state index in [4.69, 9.17) is 0 Å². The second-order valence-electron chi connectivity index (χ2n) is 3.02. The van der Waals surface area contributed by atoms with Gasteiger partial charge in [-0.15, -0.1) is 0 Å². The topological polar surface area (TPSA) is 46.0 Å². The van der Waals surface area contributed by atoms with E-state index in [1.54, 1.807) is 36.8 Å². The zero-order chi connectivity index (χ0) is 10.5. The quantitative estimate of drug-likeness (QED) is 0.805. The Labute approximate surface area is 87.8 Å². The Morgan fingerprint density at radius 1 is 1.07 bits per heavy atom. The van der Waals surface area contributed by atoms with Gasteiger partial charge in [-0.2, -0.15) is 0 Å².